The van der Waals surface area contributed by atoms with Crippen LogP contribution in [0.15, 0.2) is 24.3 Å². The maximum absolute atomic E-state index is 12.4. The van der Waals surface area contributed by atoms with Crippen molar-refractivity contribution >= 4 is 11.8 Å². The average molecular weight is 376 g/mol. The molecule has 0 atom stereocenters. The zero-order valence-electron chi connectivity index (χ0n) is 16.9. The number of amides is 2. The highest BCUT2D eigenvalue weighted by molar-refractivity contribution is 5.78. The van der Waals surface area contributed by atoms with Crippen LogP contribution in [0.5, 0.6) is 5.75 Å². The summed E-state index contributed by atoms with van der Waals surface area (Å²) in [6, 6.07) is 8.10. The SMILES string of the molecule is COc1ccc(CCCCC(=O)N2CCN(C(=O)CCN(C)C)CC2)cc1. The molecule has 6 heteroatoms. The predicted molar refractivity (Wildman–Crippen MR) is 107 cm³/mol. The van der Waals surface area contributed by atoms with Crippen LogP contribution in [0.1, 0.15) is 31.2 Å². The molecule has 1 aromatic rings. The summed E-state index contributed by atoms with van der Waals surface area (Å²) in [5.74, 6) is 1.27. The van der Waals surface area contributed by atoms with Crippen LogP contribution in [0.2, 0.25) is 0 Å². The number of methoxy groups -OCH3 is 1. The van der Waals surface area contributed by atoms with Gasteiger partial charge in [-0.2, -0.15) is 0 Å². The number of carbonyl (C=O) groups is 2. The van der Waals surface area contributed by atoms with E-state index in [0.717, 1.165) is 31.6 Å². The highest BCUT2D eigenvalue weighted by atomic mass is 16.5. The third-order valence-electron chi connectivity index (χ3n) is 5.02. The first-order chi connectivity index (χ1) is 13.0. The maximum Gasteiger partial charge on any atom is 0.223 e. The number of unbranched alkanes of at least 4 members (excludes halogenated alkanes) is 1. The van der Waals surface area contributed by atoms with Gasteiger partial charge < -0.3 is 19.4 Å². The smallest absolute Gasteiger partial charge is 0.223 e. The Morgan fingerprint density at radius 1 is 0.926 bits per heavy atom. The molecule has 1 fully saturated rings. The zero-order chi connectivity index (χ0) is 19.6. The van der Waals surface area contributed by atoms with Crippen molar-refractivity contribution in [2.45, 2.75) is 32.1 Å². The lowest BCUT2D eigenvalue weighted by molar-refractivity contribution is -0.139. The van der Waals surface area contributed by atoms with Gasteiger partial charge in [-0.3, -0.25) is 9.59 Å². The van der Waals surface area contributed by atoms with Crippen LogP contribution in [0.4, 0.5) is 0 Å². The third-order valence-corrected chi connectivity index (χ3v) is 5.02. The topological polar surface area (TPSA) is 53.1 Å². The molecule has 6 nitrogen and oxygen atoms in total. The fraction of sp³-hybridized carbons (Fsp3) is 0.619. The molecule has 2 amide bonds. The van der Waals surface area contributed by atoms with Crippen molar-refractivity contribution in [3.05, 3.63) is 29.8 Å². The van der Waals surface area contributed by atoms with Gasteiger partial charge in [0.15, 0.2) is 0 Å². The molecular formula is C21H33N3O3. The Labute approximate surface area is 163 Å². The summed E-state index contributed by atoms with van der Waals surface area (Å²) in [6.07, 6.45) is 4.01. The number of piperazine rings is 1. The number of hydrogen-bond donors (Lipinski definition) is 0. The molecule has 150 valence electrons. The van der Waals surface area contributed by atoms with Gasteiger partial charge in [-0.05, 0) is 51.1 Å². The van der Waals surface area contributed by atoms with Gasteiger partial charge in [-0.25, -0.2) is 0 Å². The van der Waals surface area contributed by atoms with Gasteiger partial charge in [0.25, 0.3) is 0 Å². The van der Waals surface area contributed by atoms with Crippen molar-refractivity contribution < 1.29 is 14.3 Å². The monoisotopic (exact) mass is 375 g/mol. The van der Waals surface area contributed by atoms with Crippen LogP contribution < -0.4 is 4.74 Å². The van der Waals surface area contributed by atoms with E-state index in [1.54, 1.807) is 7.11 Å². The molecule has 2 rings (SSSR count). The minimum Gasteiger partial charge on any atom is -0.497 e. The number of nitrogens with zero attached hydrogens (tertiary/aromatic N) is 3. The molecule has 1 aliphatic heterocycles. The van der Waals surface area contributed by atoms with Crippen LogP contribution in [-0.2, 0) is 16.0 Å². The fourth-order valence-corrected chi connectivity index (χ4v) is 3.24. The first-order valence-corrected chi connectivity index (χ1v) is 9.83. The molecule has 0 saturated carbocycles. The van der Waals surface area contributed by atoms with Crippen LogP contribution in [-0.4, -0.2) is 80.4 Å². The van der Waals surface area contributed by atoms with Gasteiger partial charge in [-0.15, -0.1) is 0 Å². The summed E-state index contributed by atoms with van der Waals surface area (Å²) in [4.78, 5) is 30.3. The Morgan fingerprint density at radius 2 is 1.48 bits per heavy atom. The van der Waals surface area contributed by atoms with Gasteiger partial charge >= 0.3 is 0 Å². The van der Waals surface area contributed by atoms with Crippen molar-refractivity contribution in [2.75, 3.05) is 53.9 Å². The third kappa shape index (κ3) is 7.21. The Balaban J connectivity index is 1.62. The lowest BCUT2D eigenvalue weighted by Crippen LogP contribution is -2.50. The van der Waals surface area contributed by atoms with Crippen molar-refractivity contribution in [1.29, 1.82) is 0 Å². The molecule has 0 unspecified atom stereocenters. The van der Waals surface area contributed by atoms with Crippen LogP contribution in [0.3, 0.4) is 0 Å². The molecule has 0 bridgehead atoms. The van der Waals surface area contributed by atoms with Gasteiger partial charge in [-0.1, -0.05) is 12.1 Å². The Kier molecular flexibility index (Phi) is 8.58. The largest absolute Gasteiger partial charge is 0.497 e. The summed E-state index contributed by atoms with van der Waals surface area (Å²) < 4.78 is 5.16. The van der Waals surface area contributed by atoms with E-state index >= 15 is 0 Å². The Bertz CT molecular complexity index is 593. The van der Waals surface area contributed by atoms with Gasteiger partial charge in [0.2, 0.25) is 11.8 Å². The number of aryl methyl sites for hydroxylation is 1. The van der Waals surface area contributed by atoms with Gasteiger partial charge in [0.1, 0.15) is 5.75 Å². The first-order valence-electron chi connectivity index (χ1n) is 9.83. The highest BCUT2D eigenvalue weighted by Gasteiger charge is 2.23. The maximum atomic E-state index is 12.4. The number of hydrogen-bond acceptors (Lipinski definition) is 4. The molecule has 0 radical (unpaired) electrons. The molecule has 0 spiro atoms. The van der Waals surface area contributed by atoms with E-state index < -0.39 is 0 Å². The second-order valence-electron chi connectivity index (χ2n) is 7.37. The predicted octanol–water partition coefficient (Wildman–Crippen LogP) is 2.03. The molecule has 0 aliphatic carbocycles. The van der Waals surface area contributed by atoms with Gasteiger partial charge in [0.05, 0.1) is 7.11 Å². The minimum absolute atomic E-state index is 0.190. The van der Waals surface area contributed by atoms with E-state index in [0.29, 0.717) is 39.0 Å². The lowest BCUT2D eigenvalue weighted by atomic mass is 10.1. The minimum atomic E-state index is 0.190. The molecule has 1 aliphatic rings. The second kappa shape index (κ2) is 10.9. The summed E-state index contributed by atoms with van der Waals surface area (Å²) in [6.45, 7) is 3.40. The summed E-state index contributed by atoms with van der Waals surface area (Å²) >= 11 is 0. The van der Waals surface area contributed by atoms with E-state index in [2.05, 4.69) is 12.1 Å². The molecule has 0 N–H and O–H groups in total. The first kappa shape index (κ1) is 21.2. The Morgan fingerprint density at radius 3 is 2.00 bits per heavy atom. The van der Waals surface area contributed by atoms with Crippen LogP contribution in [0, 0.1) is 0 Å². The molecule has 1 saturated heterocycles. The molecular weight excluding hydrogens is 342 g/mol. The van der Waals surface area contributed by atoms with Crippen LogP contribution in [0.25, 0.3) is 0 Å². The van der Waals surface area contributed by atoms with E-state index in [1.807, 2.05) is 40.9 Å². The Hall–Kier alpha value is -2.08. The standard InChI is InChI=1S/C21H33N3O3/c1-22(2)13-12-21(26)24-16-14-23(15-17-24)20(25)7-5-4-6-18-8-10-19(27-3)11-9-18/h8-11H,4-7,12-17H2,1-3H3. The number of benzene rings is 1. The van der Waals surface area contributed by atoms with E-state index in [9.17, 15) is 9.59 Å². The number of carbonyl (C=O) groups excluding carboxylic acids is 2. The summed E-state index contributed by atoms with van der Waals surface area (Å²) in [7, 11) is 5.61. The van der Waals surface area contributed by atoms with E-state index in [-0.39, 0.29) is 11.8 Å². The zero-order valence-corrected chi connectivity index (χ0v) is 16.9. The molecule has 27 heavy (non-hydrogen) atoms. The van der Waals surface area contributed by atoms with Crippen molar-refractivity contribution in [3.63, 3.8) is 0 Å². The van der Waals surface area contributed by atoms with Crippen molar-refractivity contribution in [1.82, 2.24) is 14.7 Å². The molecule has 0 aromatic heterocycles. The average Bonchev–Trinajstić information content (AvgIpc) is 2.69. The van der Waals surface area contributed by atoms with E-state index in [1.165, 1.54) is 5.56 Å². The van der Waals surface area contributed by atoms with E-state index in [4.69, 9.17) is 4.74 Å². The second-order valence-corrected chi connectivity index (χ2v) is 7.37. The summed E-state index contributed by atoms with van der Waals surface area (Å²) in [5, 5.41) is 0. The lowest BCUT2D eigenvalue weighted by Gasteiger charge is -2.35. The number of ether oxygens (including phenoxy) is 1. The van der Waals surface area contributed by atoms with Crippen molar-refractivity contribution in [3.8, 4) is 5.75 Å². The van der Waals surface area contributed by atoms with Crippen LogP contribution >= 0.6 is 0 Å². The normalized spacial score (nSPS) is 14.5. The fourth-order valence-electron chi connectivity index (χ4n) is 3.24. The quantitative estimate of drug-likeness (QED) is 0.620. The number of rotatable bonds is 9. The molecule has 1 aromatic carbocycles. The highest BCUT2D eigenvalue weighted by Crippen LogP contribution is 2.14. The summed E-state index contributed by atoms with van der Waals surface area (Å²) in [5.41, 5.74) is 1.27. The molecule has 1 heterocycles. The van der Waals surface area contributed by atoms with Gasteiger partial charge in [0, 0.05) is 45.6 Å². The van der Waals surface area contributed by atoms with Crippen molar-refractivity contribution in [2.24, 2.45) is 0 Å².